The SMILES string of the molecule is CCN1C(=O)C(C)(C)c2cc(NC(=O)Cc3cccs3)c([N+](=O)[O-])cc21. The molecule has 3 rings (SSSR count). The average molecular weight is 373 g/mol. The van der Waals surface area contributed by atoms with Gasteiger partial charge in [0.2, 0.25) is 11.8 Å². The van der Waals surface area contributed by atoms with Crippen LogP contribution in [-0.4, -0.2) is 23.3 Å². The van der Waals surface area contributed by atoms with Crippen molar-refractivity contribution in [2.24, 2.45) is 0 Å². The molecule has 0 radical (unpaired) electrons. The number of hydrogen-bond donors (Lipinski definition) is 1. The molecule has 0 bridgehead atoms. The highest BCUT2D eigenvalue weighted by molar-refractivity contribution is 7.10. The lowest BCUT2D eigenvalue weighted by molar-refractivity contribution is -0.383. The van der Waals surface area contributed by atoms with Crippen LogP contribution in [0.4, 0.5) is 17.1 Å². The molecule has 7 nitrogen and oxygen atoms in total. The second kappa shape index (κ2) is 6.53. The number of amides is 2. The van der Waals surface area contributed by atoms with E-state index in [1.807, 2.05) is 24.4 Å². The number of anilines is 2. The van der Waals surface area contributed by atoms with Gasteiger partial charge in [0.25, 0.3) is 5.69 Å². The molecule has 0 saturated carbocycles. The van der Waals surface area contributed by atoms with Crippen molar-refractivity contribution in [3.63, 3.8) is 0 Å². The van der Waals surface area contributed by atoms with E-state index in [9.17, 15) is 19.7 Å². The van der Waals surface area contributed by atoms with Gasteiger partial charge in [0.05, 0.1) is 22.4 Å². The van der Waals surface area contributed by atoms with Gasteiger partial charge >= 0.3 is 0 Å². The van der Waals surface area contributed by atoms with Crippen LogP contribution in [0.25, 0.3) is 0 Å². The summed E-state index contributed by atoms with van der Waals surface area (Å²) in [5.74, 6) is -0.434. The fourth-order valence-electron chi connectivity index (χ4n) is 3.19. The van der Waals surface area contributed by atoms with Gasteiger partial charge in [-0.05, 0) is 43.8 Å². The standard InChI is InChI=1S/C18H19N3O4S/c1-4-20-14-10-15(21(24)25)13(9-12(14)18(2,3)17(20)23)19-16(22)8-11-6-5-7-26-11/h5-7,9-10H,4,8H2,1-3H3,(H,19,22). The highest BCUT2D eigenvalue weighted by atomic mass is 32.1. The van der Waals surface area contributed by atoms with Crippen molar-refractivity contribution >= 4 is 40.2 Å². The van der Waals surface area contributed by atoms with Crippen molar-refractivity contribution in [2.45, 2.75) is 32.6 Å². The molecular formula is C18H19N3O4S. The van der Waals surface area contributed by atoms with Crippen molar-refractivity contribution in [3.05, 3.63) is 50.2 Å². The fraction of sp³-hybridized carbons (Fsp3) is 0.333. The Bertz CT molecular complexity index is 890. The van der Waals surface area contributed by atoms with Crippen LogP contribution in [-0.2, 0) is 21.4 Å². The third kappa shape index (κ3) is 2.96. The number of nitrogens with zero attached hydrogens (tertiary/aromatic N) is 2. The minimum atomic E-state index is -0.798. The van der Waals surface area contributed by atoms with Crippen molar-refractivity contribution in [3.8, 4) is 0 Å². The van der Waals surface area contributed by atoms with Gasteiger partial charge in [-0.3, -0.25) is 19.7 Å². The molecule has 1 aromatic carbocycles. The first-order chi connectivity index (χ1) is 12.3. The molecule has 0 unspecified atom stereocenters. The van der Waals surface area contributed by atoms with Crippen LogP contribution in [0.3, 0.4) is 0 Å². The monoisotopic (exact) mass is 373 g/mol. The Hall–Kier alpha value is -2.74. The predicted molar refractivity (Wildman–Crippen MR) is 101 cm³/mol. The first-order valence-electron chi connectivity index (χ1n) is 8.22. The molecule has 2 aromatic rings. The number of thiophene rings is 1. The maximum atomic E-state index is 12.6. The summed E-state index contributed by atoms with van der Waals surface area (Å²) in [5, 5.41) is 16.0. The molecule has 0 fully saturated rings. The minimum absolute atomic E-state index is 0.105. The quantitative estimate of drug-likeness (QED) is 0.641. The number of rotatable bonds is 5. The van der Waals surface area contributed by atoms with E-state index in [0.717, 1.165) is 4.88 Å². The van der Waals surface area contributed by atoms with Crippen LogP contribution in [0.5, 0.6) is 0 Å². The number of hydrogen-bond acceptors (Lipinski definition) is 5. The van der Waals surface area contributed by atoms with Gasteiger partial charge < -0.3 is 10.2 Å². The smallest absolute Gasteiger partial charge is 0.294 e. The number of fused-ring (bicyclic) bond motifs is 1. The molecule has 0 aliphatic carbocycles. The molecule has 1 aromatic heterocycles. The van der Waals surface area contributed by atoms with Crippen molar-refractivity contribution in [1.29, 1.82) is 0 Å². The zero-order valence-electron chi connectivity index (χ0n) is 14.7. The molecule has 0 atom stereocenters. The number of nitro benzene ring substituents is 1. The highest BCUT2D eigenvalue weighted by Crippen LogP contribution is 2.45. The number of likely N-dealkylation sites (N-methyl/N-ethyl adjacent to an activating group) is 1. The van der Waals surface area contributed by atoms with Crippen molar-refractivity contribution in [1.82, 2.24) is 0 Å². The Labute approximate surface area is 154 Å². The lowest BCUT2D eigenvalue weighted by Crippen LogP contribution is -2.35. The minimum Gasteiger partial charge on any atom is -0.320 e. The molecule has 1 aliphatic rings. The van der Waals surface area contributed by atoms with E-state index in [2.05, 4.69) is 5.32 Å². The number of carbonyl (C=O) groups excluding carboxylic acids is 2. The number of carbonyl (C=O) groups is 2. The molecule has 1 aliphatic heterocycles. The topological polar surface area (TPSA) is 92.6 Å². The van der Waals surface area contributed by atoms with E-state index in [-0.39, 0.29) is 29.6 Å². The molecule has 0 saturated heterocycles. The maximum Gasteiger partial charge on any atom is 0.294 e. The molecule has 8 heteroatoms. The van der Waals surface area contributed by atoms with Crippen LogP contribution < -0.4 is 10.2 Å². The Morgan fingerprint density at radius 1 is 1.38 bits per heavy atom. The van der Waals surface area contributed by atoms with Crippen LogP contribution in [0.15, 0.2) is 29.6 Å². The third-order valence-electron chi connectivity index (χ3n) is 4.56. The molecule has 2 amide bonds. The molecule has 136 valence electrons. The summed E-state index contributed by atoms with van der Waals surface area (Å²) < 4.78 is 0. The zero-order chi connectivity index (χ0) is 19.1. The van der Waals surface area contributed by atoms with Gasteiger partial charge in [0, 0.05) is 17.5 Å². The lowest BCUT2D eigenvalue weighted by Gasteiger charge is -2.18. The van der Waals surface area contributed by atoms with E-state index in [0.29, 0.717) is 17.8 Å². The van der Waals surface area contributed by atoms with Gasteiger partial charge in [-0.15, -0.1) is 11.3 Å². The Balaban J connectivity index is 2.01. The average Bonchev–Trinajstić information content (AvgIpc) is 3.13. The first-order valence-corrected chi connectivity index (χ1v) is 9.10. The van der Waals surface area contributed by atoms with Gasteiger partial charge in [-0.25, -0.2) is 0 Å². The van der Waals surface area contributed by atoms with Crippen LogP contribution in [0.1, 0.15) is 31.2 Å². The van der Waals surface area contributed by atoms with Crippen molar-refractivity contribution < 1.29 is 14.5 Å². The lowest BCUT2D eigenvalue weighted by atomic mass is 9.85. The summed E-state index contributed by atoms with van der Waals surface area (Å²) in [5.41, 5.74) is 0.321. The van der Waals surface area contributed by atoms with E-state index in [1.165, 1.54) is 17.4 Å². The summed E-state index contributed by atoms with van der Waals surface area (Å²) >= 11 is 1.45. The fourth-order valence-corrected chi connectivity index (χ4v) is 3.90. The van der Waals surface area contributed by atoms with E-state index >= 15 is 0 Å². The summed E-state index contributed by atoms with van der Waals surface area (Å²) in [7, 11) is 0. The summed E-state index contributed by atoms with van der Waals surface area (Å²) in [4.78, 5) is 38.3. The van der Waals surface area contributed by atoms with Crippen LogP contribution in [0.2, 0.25) is 0 Å². The summed E-state index contributed by atoms with van der Waals surface area (Å²) in [6, 6.07) is 6.63. The second-order valence-corrected chi connectivity index (χ2v) is 7.65. The predicted octanol–water partition coefficient (Wildman–Crippen LogP) is 3.48. The summed E-state index contributed by atoms with van der Waals surface area (Å²) in [6.07, 6.45) is 0.148. The molecule has 26 heavy (non-hydrogen) atoms. The number of nitro groups is 1. The van der Waals surface area contributed by atoms with Gasteiger partial charge in [-0.2, -0.15) is 0 Å². The van der Waals surface area contributed by atoms with Crippen LogP contribution >= 0.6 is 11.3 Å². The van der Waals surface area contributed by atoms with Crippen LogP contribution in [0, 0.1) is 10.1 Å². The molecule has 2 heterocycles. The highest BCUT2D eigenvalue weighted by Gasteiger charge is 2.44. The second-order valence-electron chi connectivity index (χ2n) is 6.62. The van der Waals surface area contributed by atoms with Gasteiger partial charge in [-0.1, -0.05) is 6.07 Å². The Morgan fingerprint density at radius 2 is 2.12 bits per heavy atom. The first kappa shape index (κ1) is 18.1. The van der Waals surface area contributed by atoms with E-state index in [1.54, 1.807) is 24.8 Å². The zero-order valence-corrected chi connectivity index (χ0v) is 15.6. The Kier molecular flexibility index (Phi) is 4.53. The molecular weight excluding hydrogens is 354 g/mol. The largest absolute Gasteiger partial charge is 0.320 e. The third-order valence-corrected chi connectivity index (χ3v) is 5.44. The summed E-state index contributed by atoms with van der Waals surface area (Å²) in [6.45, 7) is 5.82. The van der Waals surface area contributed by atoms with Crippen molar-refractivity contribution in [2.75, 3.05) is 16.8 Å². The maximum absolute atomic E-state index is 12.6. The molecule has 1 N–H and O–H groups in total. The Morgan fingerprint density at radius 3 is 2.69 bits per heavy atom. The molecule has 0 spiro atoms. The van der Waals surface area contributed by atoms with E-state index < -0.39 is 10.3 Å². The van der Waals surface area contributed by atoms with Gasteiger partial charge in [0.1, 0.15) is 5.69 Å². The van der Waals surface area contributed by atoms with Gasteiger partial charge in [0.15, 0.2) is 0 Å². The van der Waals surface area contributed by atoms with E-state index in [4.69, 9.17) is 0 Å². The number of nitrogens with one attached hydrogen (secondary N) is 1. The normalized spacial score (nSPS) is 15.0. The number of benzene rings is 1.